The van der Waals surface area contributed by atoms with Gasteiger partial charge >= 0.3 is 5.97 Å². The molecule has 0 aliphatic rings. The van der Waals surface area contributed by atoms with Crippen molar-refractivity contribution in [1.29, 1.82) is 0 Å². The SMILES string of the molecule is CC(CCNC(=O)C(C)CN)CCC(=O)O. The minimum absolute atomic E-state index is 0.0343. The summed E-state index contributed by atoms with van der Waals surface area (Å²) in [6, 6.07) is 0. The maximum absolute atomic E-state index is 11.3. The van der Waals surface area contributed by atoms with Gasteiger partial charge in [-0.05, 0) is 18.8 Å². The molecule has 5 heteroatoms. The monoisotopic (exact) mass is 230 g/mol. The summed E-state index contributed by atoms with van der Waals surface area (Å²) in [6.45, 7) is 4.70. The number of hydrogen-bond acceptors (Lipinski definition) is 3. The van der Waals surface area contributed by atoms with Crippen molar-refractivity contribution in [3.05, 3.63) is 0 Å². The molecule has 0 bridgehead atoms. The molecule has 0 radical (unpaired) electrons. The maximum atomic E-state index is 11.3. The predicted octanol–water partition coefficient (Wildman–Crippen LogP) is 0.588. The first-order valence-corrected chi connectivity index (χ1v) is 5.67. The zero-order valence-electron chi connectivity index (χ0n) is 10.0. The van der Waals surface area contributed by atoms with Crippen LogP contribution in [-0.2, 0) is 9.59 Å². The van der Waals surface area contributed by atoms with E-state index in [2.05, 4.69) is 5.32 Å². The molecule has 0 saturated carbocycles. The number of carboxylic acid groups (broad SMARTS) is 1. The third-order valence-corrected chi connectivity index (χ3v) is 2.59. The van der Waals surface area contributed by atoms with Crippen LogP contribution >= 0.6 is 0 Å². The summed E-state index contributed by atoms with van der Waals surface area (Å²) in [5.74, 6) is -0.653. The minimum atomic E-state index is -0.771. The van der Waals surface area contributed by atoms with Crippen molar-refractivity contribution in [2.24, 2.45) is 17.6 Å². The molecule has 0 fully saturated rings. The Morgan fingerprint density at radius 2 is 1.94 bits per heavy atom. The highest BCUT2D eigenvalue weighted by molar-refractivity contribution is 5.78. The molecule has 2 unspecified atom stereocenters. The highest BCUT2D eigenvalue weighted by Crippen LogP contribution is 2.09. The van der Waals surface area contributed by atoms with E-state index in [1.54, 1.807) is 6.92 Å². The first kappa shape index (κ1) is 14.9. The summed E-state index contributed by atoms with van der Waals surface area (Å²) in [4.78, 5) is 21.7. The summed E-state index contributed by atoms with van der Waals surface area (Å²) < 4.78 is 0. The molecule has 0 spiro atoms. The number of aliphatic carboxylic acids is 1. The number of rotatable bonds is 8. The summed E-state index contributed by atoms with van der Waals surface area (Å²) in [7, 11) is 0. The fourth-order valence-corrected chi connectivity index (χ4v) is 1.24. The van der Waals surface area contributed by atoms with Crippen LogP contribution in [0, 0.1) is 11.8 Å². The molecule has 0 rings (SSSR count). The Morgan fingerprint density at radius 3 is 2.44 bits per heavy atom. The molecule has 0 aromatic heterocycles. The van der Waals surface area contributed by atoms with Crippen LogP contribution in [0.15, 0.2) is 0 Å². The summed E-state index contributed by atoms with van der Waals surface area (Å²) >= 11 is 0. The Bertz CT molecular complexity index is 231. The lowest BCUT2D eigenvalue weighted by Crippen LogP contribution is -2.34. The molecular weight excluding hydrogens is 208 g/mol. The van der Waals surface area contributed by atoms with Crippen LogP contribution < -0.4 is 11.1 Å². The number of carboxylic acids is 1. The van der Waals surface area contributed by atoms with Crippen molar-refractivity contribution in [3.8, 4) is 0 Å². The Balaban J connectivity index is 3.57. The van der Waals surface area contributed by atoms with Gasteiger partial charge in [0, 0.05) is 25.4 Å². The average Bonchev–Trinajstić information content (AvgIpc) is 2.24. The van der Waals surface area contributed by atoms with Gasteiger partial charge in [0.2, 0.25) is 5.91 Å². The van der Waals surface area contributed by atoms with E-state index in [0.29, 0.717) is 25.4 Å². The molecule has 0 heterocycles. The number of carbonyl (C=O) groups excluding carboxylic acids is 1. The Kier molecular flexibility index (Phi) is 7.54. The molecule has 0 aromatic carbocycles. The number of nitrogens with two attached hydrogens (primary N) is 1. The largest absolute Gasteiger partial charge is 0.481 e. The van der Waals surface area contributed by atoms with Crippen LogP contribution in [0.25, 0.3) is 0 Å². The molecule has 0 aliphatic carbocycles. The summed E-state index contributed by atoms with van der Waals surface area (Å²) in [5.41, 5.74) is 5.36. The predicted molar refractivity (Wildman–Crippen MR) is 61.9 cm³/mol. The summed E-state index contributed by atoms with van der Waals surface area (Å²) in [5, 5.41) is 11.3. The summed E-state index contributed by atoms with van der Waals surface area (Å²) in [6.07, 6.45) is 1.64. The smallest absolute Gasteiger partial charge is 0.303 e. The van der Waals surface area contributed by atoms with E-state index in [0.717, 1.165) is 6.42 Å². The molecule has 5 nitrogen and oxygen atoms in total. The lowest BCUT2D eigenvalue weighted by molar-refractivity contribution is -0.137. The van der Waals surface area contributed by atoms with Gasteiger partial charge in [-0.2, -0.15) is 0 Å². The highest BCUT2D eigenvalue weighted by Gasteiger charge is 2.10. The maximum Gasteiger partial charge on any atom is 0.303 e. The van der Waals surface area contributed by atoms with E-state index in [1.165, 1.54) is 0 Å². The molecule has 1 amide bonds. The highest BCUT2D eigenvalue weighted by atomic mass is 16.4. The third kappa shape index (κ3) is 7.23. The number of nitrogens with one attached hydrogen (secondary N) is 1. The first-order chi connectivity index (χ1) is 7.47. The van der Waals surface area contributed by atoms with Gasteiger partial charge in [-0.25, -0.2) is 0 Å². The fourth-order valence-electron chi connectivity index (χ4n) is 1.24. The average molecular weight is 230 g/mol. The van der Waals surface area contributed by atoms with Gasteiger partial charge in [-0.3, -0.25) is 9.59 Å². The molecule has 4 N–H and O–H groups in total. The zero-order valence-corrected chi connectivity index (χ0v) is 10.0. The standard InChI is InChI=1S/C11H22N2O3/c1-8(3-4-10(14)15)5-6-13-11(16)9(2)7-12/h8-9H,3-7,12H2,1-2H3,(H,13,16)(H,14,15). The van der Waals surface area contributed by atoms with Crippen molar-refractivity contribution < 1.29 is 14.7 Å². The van der Waals surface area contributed by atoms with Gasteiger partial charge in [0.15, 0.2) is 0 Å². The zero-order chi connectivity index (χ0) is 12.6. The van der Waals surface area contributed by atoms with Crippen molar-refractivity contribution in [2.75, 3.05) is 13.1 Å². The van der Waals surface area contributed by atoms with Crippen LogP contribution in [0.4, 0.5) is 0 Å². The molecule has 2 atom stereocenters. The lowest BCUT2D eigenvalue weighted by Gasteiger charge is -2.13. The van der Waals surface area contributed by atoms with Gasteiger partial charge in [0.05, 0.1) is 0 Å². The van der Waals surface area contributed by atoms with E-state index in [-0.39, 0.29) is 18.2 Å². The van der Waals surface area contributed by atoms with Crippen LogP contribution in [0.1, 0.15) is 33.1 Å². The molecule has 94 valence electrons. The third-order valence-electron chi connectivity index (χ3n) is 2.59. The van der Waals surface area contributed by atoms with E-state index >= 15 is 0 Å². The molecule has 16 heavy (non-hydrogen) atoms. The minimum Gasteiger partial charge on any atom is -0.481 e. The van der Waals surface area contributed by atoms with Gasteiger partial charge in [-0.1, -0.05) is 13.8 Å². The molecule has 0 saturated heterocycles. The van der Waals surface area contributed by atoms with Gasteiger partial charge in [-0.15, -0.1) is 0 Å². The van der Waals surface area contributed by atoms with Crippen LogP contribution in [0.3, 0.4) is 0 Å². The van der Waals surface area contributed by atoms with E-state index < -0.39 is 5.97 Å². The normalized spacial score (nSPS) is 14.2. The second kappa shape index (κ2) is 8.10. The second-order valence-corrected chi connectivity index (χ2v) is 4.25. The van der Waals surface area contributed by atoms with Crippen molar-refractivity contribution in [2.45, 2.75) is 33.1 Å². The van der Waals surface area contributed by atoms with Crippen molar-refractivity contribution in [1.82, 2.24) is 5.32 Å². The Morgan fingerprint density at radius 1 is 1.31 bits per heavy atom. The Hall–Kier alpha value is -1.10. The Labute approximate surface area is 96.4 Å². The first-order valence-electron chi connectivity index (χ1n) is 5.67. The quantitative estimate of drug-likeness (QED) is 0.569. The number of amides is 1. The van der Waals surface area contributed by atoms with Gasteiger partial charge in [0.1, 0.15) is 0 Å². The topological polar surface area (TPSA) is 92.4 Å². The molecular formula is C11H22N2O3. The van der Waals surface area contributed by atoms with Crippen molar-refractivity contribution in [3.63, 3.8) is 0 Å². The fraction of sp³-hybridized carbons (Fsp3) is 0.818. The van der Waals surface area contributed by atoms with E-state index in [1.807, 2.05) is 6.92 Å². The van der Waals surface area contributed by atoms with Gasteiger partial charge in [0.25, 0.3) is 0 Å². The van der Waals surface area contributed by atoms with Crippen LogP contribution in [-0.4, -0.2) is 30.1 Å². The van der Waals surface area contributed by atoms with Crippen LogP contribution in [0.5, 0.6) is 0 Å². The van der Waals surface area contributed by atoms with E-state index in [4.69, 9.17) is 10.8 Å². The van der Waals surface area contributed by atoms with Crippen molar-refractivity contribution >= 4 is 11.9 Å². The lowest BCUT2D eigenvalue weighted by atomic mass is 10.0. The van der Waals surface area contributed by atoms with E-state index in [9.17, 15) is 9.59 Å². The number of carbonyl (C=O) groups is 2. The van der Waals surface area contributed by atoms with Gasteiger partial charge < -0.3 is 16.2 Å². The molecule has 0 aliphatic heterocycles. The van der Waals surface area contributed by atoms with Crippen LogP contribution in [0.2, 0.25) is 0 Å². The second-order valence-electron chi connectivity index (χ2n) is 4.25. The molecule has 0 aromatic rings. The number of hydrogen-bond donors (Lipinski definition) is 3.